The Labute approximate surface area is 124 Å². The molecule has 0 aliphatic heterocycles. The highest BCUT2D eigenvalue weighted by Crippen LogP contribution is 2.24. The van der Waals surface area contributed by atoms with Crippen LogP contribution in [0.1, 0.15) is 39.7 Å². The molecular weight excluding hydrogens is 310 g/mol. The maximum Gasteiger partial charge on any atom is 0.0449 e. The summed E-state index contributed by atoms with van der Waals surface area (Å²) in [6.45, 7) is 9.93. The van der Waals surface area contributed by atoms with E-state index in [1.807, 2.05) is 6.07 Å². The average Bonchev–Trinajstić information content (AvgIpc) is 2.20. The van der Waals surface area contributed by atoms with Crippen LogP contribution in [0.4, 0.5) is 0 Å². The molecule has 18 heavy (non-hydrogen) atoms. The van der Waals surface area contributed by atoms with Gasteiger partial charge in [-0.15, -0.1) is 0 Å². The van der Waals surface area contributed by atoms with E-state index in [0.29, 0.717) is 5.92 Å². The minimum atomic E-state index is 0.203. The molecular formula is C15H23BrClN. The molecule has 102 valence electrons. The number of halogens is 2. The van der Waals surface area contributed by atoms with Crippen molar-refractivity contribution in [2.45, 2.75) is 46.1 Å². The third kappa shape index (κ3) is 6.21. The van der Waals surface area contributed by atoms with Crippen LogP contribution < -0.4 is 5.32 Å². The maximum absolute atomic E-state index is 6.23. The molecule has 0 saturated carbocycles. The fourth-order valence-corrected chi connectivity index (χ4v) is 2.61. The lowest BCUT2D eigenvalue weighted by Gasteiger charge is -2.22. The number of nitrogens with one attached hydrogen (secondary N) is 1. The minimum Gasteiger partial charge on any atom is -0.312 e. The molecule has 0 bridgehead atoms. The molecule has 1 aromatic rings. The van der Waals surface area contributed by atoms with Gasteiger partial charge in [0.05, 0.1) is 0 Å². The molecule has 1 N–H and O–H groups in total. The fraction of sp³-hybridized carbons (Fsp3) is 0.600. The van der Waals surface area contributed by atoms with Crippen molar-refractivity contribution in [3.05, 3.63) is 33.3 Å². The van der Waals surface area contributed by atoms with E-state index in [2.05, 4.69) is 61.1 Å². The lowest BCUT2D eigenvalue weighted by Crippen LogP contribution is -2.37. The molecule has 3 heteroatoms. The predicted octanol–water partition coefficient (Wildman–Crippen LogP) is 5.06. The van der Waals surface area contributed by atoms with Gasteiger partial charge in [-0.1, -0.05) is 40.5 Å². The highest BCUT2D eigenvalue weighted by molar-refractivity contribution is 9.10. The monoisotopic (exact) mass is 331 g/mol. The van der Waals surface area contributed by atoms with Crippen molar-refractivity contribution in [3.8, 4) is 0 Å². The summed E-state index contributed by atoms with van der Waals surface area (Å²) in [6.07, 6.45) is 2.21. The van der Waals surface area contributed by atoms with E-state index in [4.69, 9.17) is 11.6 Å². The molecule has 1 unspecified atom stereocenters. The van der Waals surface area contributed by atoms with Gasteiger partial charge in [0.2, 0.25) is 0 Å². The van der Waals surface area contributed by atoms with Gasteiger partial charge in [0, 0.05) is 15.0 Å². The second-order valence-electron chi connectivity index (χ2n) is 6.01. The SMILES string of the molecule is CC(CCNC(C)(C)C)Cc1ccc(Br)cc1Cl. The van der Waals surface area contributed by atoms with Gasteiger partial charge < -0.3 is 5.32 Å². The number of hydrogen-bond donors (Lipinski definition) is 1. The summed E-state index contributed by atoms with van der Waals surface area (Å²) in [5, 5.41) is 4.38. The Morgan fingerprint density at radius 2 is 2.00 bits per heavy atom. The number of benzene rings is 1. The van der Waals surface area contributed by atoms with Crippen molar-refractivity contribution < 1.29 is 0 Å². The summed E-state index contributed by atoms with van der Waals surface area (Å²) >= 11 is 9.67. The third-order valence-electron chi connectivity index (χ3n) is 2.88. The van der Waals surface area contributed by atoms with E-state index >= 15 is 0 Å². The number of hydrogen-bond acceptors (Lipinski definition) is 1. The molecule has 0 saturated heterocycles. The van der Waals surface area contributed by atoms with Crippen molar-refractivity contribution in [1.29, 1.82) is 0 Å². The summed E-state index contributed by atoms with van der Waals surface area (Å²) in [7, 11) is 0. The Morgan fingerprint density at radius 3 is 2.56 bits per heavy atom. The Kier molecular flexibility index (Phi) is 6.16. The molecule has 0 radical (unpaired) electrons. The lowest BCUT2D eigenvalue weighted by atomic mass is 9.97. The molecule has 1 nitrogen and oxygen atoms in total. The fourth-order valence-electron chi connectivity index (χ4n) is 1.86. The molecule has 0 spiro atoms. The summed E-state index contributed by atoms with van der Waals surface area (Å²) < 4.78 is 1.04. The van der Waals surface area contributed by atoms with Gasteiger partial charge in [-0.3, -0.25) is 0 Å². The first-order valence-electron chi connectivity index (χ1n) is 6.47. The first-order chi connectivity index (χ1) is 8.28. The predicted molar refractivity (Wildman–Crippen MR) is 84.4 cm³/mol. The van der Waals surface area contributed by atoms with Crippen LogP contribution in [0.25, 0.3) is 0 Å². The van der Waals surface area contributed by atoms with Crippen molar-refractivity contribution in [1.82, 2.24) is 5.32 Å². The van der Waals surface area contributed by atoms with E-state index in [9.17, 15) is 0 Å². The Bertz CT molecular complexity index is 385. The smallest absolute Gasteiger partial charge is 0.0449 e. The second kappa shape index (κ2) is 6.93. The van der Waals surface area contributed by atoms with Gasteiger partial charge in [0.25, 0.3) is 0 Å². The summed E-state index contributed by atoms with van der Waals surface area (Å²) in [5.74, 6) is 0.638. The molecule has 0 aliphatic rings. The van der Waals surface area contributed by atoms with E-state index in [-0.39, 0.29) is 5.54 Å². The molecule has 1 aromatic carbocycles. The van der Waals surface area contributed by atoms with Gasteiger partial charge in [-0.25, -0.2) is 0 Å². The van der Waals surface area contributed by atoms with Crippen LogP contribution in [0.2, 0.25) is 5.02 Å². The largest absolute Gasteiger partial charge is 0.312 e. The standard InChI is InChI=1S/C15H23BrClN/c1-11(7-8-18-15(2,3)4)9-12-5-6-13(16)10-14(12)17/h5-6,10-11,18H,7-9H2,1-4H3. The second-order valence-corrected chi connectivity index (χ2v) is 7.33. The summed E-state index contributed by atoms with van der Waals surface area (Å²) in [5.41, 5.74) is 1.44. The molecule has 0 amide bonds. The van der Waals surface area contributed by atoms with E-state index in [1.165, 1.54) is 12.0 Å². The van der Waals surface area contributed by atoms with Crippen LogP contribution in [0.15, 0.2) is 22.7 Å². The van der Waals surface area contributed by atoms with Crippen molar-refractivity contribution in [2.24, 2.45) is 5.92 Å². The van der Waals surface area contributed by atoms with Gasteiger partial charge in [0.15, 0.2) is 0 Å². The minimum absolute atomic E-state index is 0.203. The van der Waals surface area contributed by atoms with Gasteiger partial charge in [-0.05, 0) is 63.8 Å². The number of rotatable bonds is 5. The van der Waals surface area contributed by atoms with Crippen LogP contribution in [-0.2, 0) is 6.42 Å². The van der Waals surface area contributed by atoms with Gasteiger partial charge in [-0.2, -0.15) is 0 Å². The van der Waals surface area contributed by atoms with E-state index in [0.717, 1.165) is 22.5 Å². The topological polar surface area (TPSA) is 12.0 Å². The third-order valence-corrected chi connectivity index (χ3v) is 3.72. The zero-order valence-corrected chi connectivity index (χ0v) is 14.0. The van der Waals surface area contributed by atoms with Gasteiger partial charge in [0.1, 0.15) is 0 Å². The van der Waals surface area contributed by atoms with Gasteiger partial charge >= 0.3 is 0 Å². The average molecular weight is 333 g/mol. The van der Waals surface area contributed by atoms with Crippen LogP contribution in [0, 0.1) is 5.92 Å². The first kappa shape index (κ1) is 16.0. The molecule has 1 atom stereocenters. The van der Waals surface area contributed by atoms with Crippen LogP contribution in [0.5, 0.6) is 0 Å². The lowest BCUT2D eigenvalue weighted by molar-refractivity contribution is 0.394. The molecule has 0 fully saturated rings. The summed E-state index contributed by atoms with van der Waals surface area (Å²) in [6, 6.07) is 6.14. The summed E-state index contributed by atoms with van der Waals surface area (Å²) in [4.78, 5) is 0. The highest BCUT2D eigenvalue weighted by Gasteiger charge is 2.11. The molecule has 0 aromatic heterocycles. The highest BCUT2D eigenvalue weighted by atomic mass is 79.9. The maximum atomic E-state index is 6.23. The molecule has 1 rings (SSSR count). The Morgan fingerprint density at radius 1 is 1.33 bits per heavy atom. The Balaban J connectivity index is 2.42. The van der Waals surface area contributed by atoms with Crippen molar-refractivity contribution in [3.63, 3.8) is 0 Å². The first-order valence-corrected chi connectivity index (χ1v) is 7.64. The van der Waals surface area contributed by atoms with Crippen LogP contribution in [0.3, 0.4) is 0 Å². The van der Waals surface area contributed by atoms with Crippen LogP contribution >= 0.6 is 27.5 Å². The normalized spacial score (nSPS) is 13.7. The zero-order chi connectivity index (χ0) is 13.8. The van der Waals surface area contributed by atoms with Crippen molar-refractivity contribution >= 4 is 27.5 Å². The van der Waals surface area contributed by atoms with E-state index in [1.54, 1.807) is 0 Å². The van der Waals surface area contributed by atoms with E-state index < -0.39 is 0 Å². The Hall–Kier alpha value is -0.0500. The molecule has 0 heterocycles. The zero-order valence-electron chi connectivity index (χ0n) is 11.7. The molecule has 0 aliphatic carbocycles. The quantitative estimate of drug-likeness (QED) is 0.794. The van der Waals surface area contributed by atoms with Crippen molar-refractivity contribution in [2.75, 3.05) is 6.54 Å². The van der Waals surface area contributed by atoms with Crippen LogP contribution in [-0.4, -0.2) is 12.1 Å².